The number of fused-ring (bicyclic) bond motifs is 1. The Morgan fingerprint density at radius 3 is 2.58 bits per heavy atom. The molecule has 36 heavy (non-hydrogen) atoms. The largest absolute Gasteiger partial charge is 0.486 e. The van der Waals surface area contributed by atoms with E-state index in [1.165, 1.54) is 13.3 Å². The third-order valence-corrected chi connectivity index (χ3v) is 6.98. The molecule has 2 aliphatic heterocycles. The van der Waals surface area contributed by atoms with Crippen LogP contribution in [0.15, 0.2) is 29.2 Å². The molecule has 2 aromatic rings. The number of carbonyl (C=O) groups excluding carboxylic acids is 1. The summed E-state index contributed by atoms with van der Waals surface area (Å²) in [6.45, 7) is 2.39. The van der Waals surface area contributed by atoms with Gasteiger partial charge in [0.25, 0.3) is 5.56 Å². The molecule has 2 aliphatic rings. The van der Waals surface area contributed by atoms with Crippen LogP contribution >= 0.6 is 11.6 Å². The lowest BCUT2D eigenvalue weighted by atomic mass is 9.98. The first-order chi connectivity index (χ1) is 17.1. The van der Waals surface area contributed by atoms with Gasteiger partial charge in [-0.2, -0.15) is 13.2 Å². The van der Waals surface area contributed by atoms with Gasteiger partial charge in [-0.1, -0.05) is 17.7 Å². The summed E-state index contributed by atoms with van der Waals surface area (Å²) in [5.41, 5.74) is 1.17. The quantitative estimate of drug-likeness (QED) is 0.553. The molecule has 196 valence electrons. The predicted octanol–water partition coefficient (Wildman–Crippen LogP) is 4.39. The van der Waals surface area contributed by atoms with E-state index in [-0.39, 0.29) is 24.1 Å². The van der Waals surface area contributed by atoms with Crippen molar-refractivity contribution in [3.8, 4) is 5.75 Å². The van der Waals surface area contributed by atoms with Crippen LogP contribution in [0.4, 0.5) is 18.0 Å². The molecule has 0 saturated carbocycles. The first-order valence-electron chi connectivity index (χ1n) is 11.7. The van der Waals surface area contributed by atoms with Crippen LogP contribution in [0.5, 0.6) is 5.75 Å². The topological polar surface area (TPSA) is 76.9 Å². The molecular weight excluding hydrogens is 501 g/mol. The van der Waals surface area contributed by atoms with Crippen LogP contribution in [0.1, 0.15) is 42.8 Å². The fourth-order valence-corrected chi connectivity index (χ4v) is 4.89. The van der Waals surface area contributed by atoms with Gasteiger partial charge in [0.15, 0.2) is 0 Å². The molecule has 1 aromatic carbocycles. The number of halogens is 4. The Hall–Kier alpha value is -2.79. The Morgan fingerprint density at radius 1 is 1.22 bits per heavy atom. The number of amides is 1. The molecule has 0 aliphatic carbocycles. The minimum Gasteiger partial charge on any atom is -0.486 e. The molecular formula is C24H28ClF3N4O4. The summed E-state index contributed by atoms with van der Waals surface area (Å²) in [6.07, 6.45) is -2.53. The number of ether oxygens (including phenoxy) is 2. The molecule has 1 amide bonds. The zero-order valence-electron chi connectivity index (χ0n) is 20.1. The lowest BCUT2D eigenvalue weighted by molar-refractivity contribution is -0.142. The van der Waals surface area contributed by atoms with E-state index in [0.29, 0.717) is 48.6 Å². The number of carbonyl (C=O) groups is 1. The molecule has 1 atom stereocenters. The van der Waals surface area contributed by atoms with Crippen molar-refractivity contribution in [2.45, 2.75) is 51.6 Å². The maximum atomic E-state index is 13.4. The van der Waals surface area contributed by atoms with Gasteiger partial charge in [-0.3, -0.25) is 14.3 Å². The number of aromatic nitrogens is 2. The van der Waals surface area contributed by atoms with E-state index in [1.807, 2.05) is 17.0 Å². The molecule has 12 heteroatoms. The maximum Gasteiger partial charge on any atom is 0.409 e. The van der Waals surface area contributed by atoms with Crippen molar-refractivity contribution in [3.05, 3.63) is 56.7 Å². The molecule has 0 spiro atoms. The second-order valence-electron chi connectivity index (χ2n) is 9.19. The Labute approximate surface area is 211 Å². The molecule has 4 rings (SSSR count). The number of hydrogen-bond acceptors (Lipinski definition) is 6. The van der Waals surface area contributed by atoms with Gasteiger partial charge in [-0.15, -0.1) is 0 Å². The van der Waals surface area contributed by atoms with Gasteiger partial charge >= 0.3 is 12.3 Å². The Morgan fingerprint density at radius 2 is 1.92 bits per heavy atom. The fourth-order valence-electron chi connectivity index (χ4n) is 4.70. The summed E-state index contributed by atoms with van der Waals surface area (Å²) in [5, 5.41) is 0.591. The smallest absolute Gasteiger partial charge is 0.409 e. The predicted molar refractivity (Wildman–Crippen MR) is 126 cm³/mol. The van der Waals surface area contributed by atoms with Crippen molar-refractivity contribution in [2.75, 3.05) is 26.8 Å². The molecule has 0 N–H and O–H groups in total. The normalized spacial score (nSPS) is 17.7. The van der Waals surface area contributed by atoms with Gasteiger partial charge in [-0.05, 0) is 48.9 Å². The number of alkyl halides is 3. The zero-order valence-corrected chi connectivity index (χ0v) is 20.8. The average Bonchev–Trinajstić information content (AvgIpc) is 3.26. The molecule has 1 fully saturated rings. The van der Waals surface area contributed by atoms with Gasteiger partial charge in [0, 0.05) is 31.2 Å². The highest BCUT2D eigenvalue weighted by Gasteiger charge is 2.34. The van der Waals surface area contributed by atoms with Crippen molar-refractivity contribution in [1.29, 1.82) is 0 Å². The molecule has 0 unspecified atom stereocenters. The number of nitrogens with zero attached hydrogens (tertiary/aromatic N) is 4. The number of methoxy groups -OCH3 is 1. The van der Waals surface area contributed by atoms with E-state index < -0.39 is 30.4 Å². The molecule has 0 bridgehead atoms. The van der Waals surface area contributed by atoms with Gasteiger partial charge in [0.2, 0.25) is 5.75 Å². The highest BCUT2D eigenvalue weighted by atomic mass is 35.5. The van der Waals surface area contributed by atoms with E-state index in [0.717, 1.165) is 11.1 Å². The summed E-state index contributed by atoms with van der Waals surface area (Å²) in [5.74, 6) is -0.146. The van der Waals surface area contributed by atoms with Crippen molar-refractivity contribution in [3.63, 3.8) is 0 Å². The monoisotopic (exact) mass is 528 g/mol. The highest BCUT2D eigenvalue weighted by Crippen LogP contribution is 2.32. The lowest BCUT2D eigenvalue weighted by Gasteiger charge is -2.30. The molecule has 1 aromatic heterocycles. The Balaban J connectivity index is 1.50. The second kappa shape index (κ2) is 10.7. The van der Waals surface area contributed by atoms with E-state index in [4.69, 9.17) is 21.1 Å². The SMILES string of the molecule is COC(=O)N1CCC(COc2cnc([C@H](C)N3Cc4ccc(Cl)cc4C3)n(CC(F)(F)F)c2=O)CC1. The average molecular weight is 529 g/mol. The zero-order chi connectivity index (χ0) is 26.0. The summed E-state index contributed by atoms with van der Waals surface area (Å²) in [4.78, 5) is 32.5. The van der Waals surface area contributed by atoms with Crippen LogP contribution < -0.4 is 10.3 Å². The summed E-state index contributed by atoms with van der Waals surface area (Å²) in [6, 6.07) is 4.96. The van der Waals surface area contributed by atoms with Crippen LogP contribution in [0.25, 0.3) is 0 Å². The van der Waals surface area contributed by atoms with Gasteiger partial charge in [0.1, 0.15) is 12.4 Å². The molecule has 1 saturated heterocycles. The first kappa shape index (κ1) is 26.3. The standard InChI is InChI=1S/C24H28ClF3N4O4/c1-15(31-11-17-3-4-19(25)9-18(17)12-31)21-29-10-20(22(33)32(21)14-24(26,27)28)36-13-16-5-7-30(8-6-16)23(34)35-2/h3-4,9-10,15-16H,5-8,11-14H2,1-2H3/t15-/m0/s1. The molecule has 3 heterocycles. The third kappa shape index (κ3) is 5.95. The maximum absolute atomic E-state index is 13.4. The van der Waals surface area contributed by atoms with E-state index >= 15 is 0 Å². The van der Waals surface area contributed by atoms with Gasteiger partial charge < -0.3 is 14.4 Å². The number of rotatable bonds is 6. The Bertz CT molecular complexity index is 1170. The van der Waals surface area contributed by atoms with Gasteiger partial charge in [-0.25, -0.2) is 9.78 Å². The van der Waals surface area contributed by atoms with Gasteiger partial charge in [0.05, 0.1) is 26.0 Å². The minimum absolute atomic E-state index is 0.0231. The van der Waals surface area contributed by atoms with Crippen LogP contribution in [0, 0.1) is 5.92 Å². The highest BCUT2D eigenvalue weighted by molar-refractivity contribution is 6.30. The number of likely N-dealkylation sites (tertiary alicyclic amines) is 1. The van der Waals surface area contributed by atoms with Crippen LogP contribution in [-0.2, 0) is 24.4 Å². The summed E-state index contributed by atoms with van der Waals surface area (Å²) >= 11 is 6.08. The first-order valence-corrected chi connectivity index (χ1v) is 12.1. The third-order valence-electron chi connectivity index (χ3n) is 6.74. The number of benzene rings is 1. The number of piperidine rings is 1. The fraction of sp³-hybridized carbons (Fsp3) is 0.542. The van der Waals surface area contributed by atoms with Crippen molar-refractivity contribution >= 4 is 17.7 Å². The van der Waals surface area contributed by atoms with Crippen LogP contribution in [-0.4, -0.2) is 58.4 Å². The van der Waals surface area contributed by atoms with Crippen molar-refractivity contribution in [2.24, 2.45) is 5.92 Å². The van der Waals surface area contributed by atoms with Crippen molar-refractivity contribution in [1.82, 2.24) is 19.4 Å². The van der Waals surface area contributed by atoms with E-state index in [9.17, 15) is 22.8 Å². The summed E-state index contributed by atoms with van der Waals surface area (Å²) < 4.78 is 51.4. The molecule has 8 nitrogen and oxygen atoms in total. The van der Waals surface area contributed by atoms with E-state index in [1.54, 1.807) is 17.9 Å². The van der Waals surface area contributed by atoms with Crippen LogP contribution in [0.3, 0.4) is 0 Å². The van der Waals surface area contributed by atoms with E-state index in [2.05, 4.69) is 4.98 Å². The Kier molecular flexibility index (Phi) is 7.79. The summed E-state index contributed by atoms with van der Waals surface area (Å²) in [7, 11) is 1.32. The minimum atomic E-state index is -4.61. The lowest BCUT2D eigenvalue weighted by Crippen LogP contribution is -2.40. The molecule has 0 radical (unpaired) electrons. The van der Waals surface area contributed by atoms with Crippen LogP contribution in [0.2, 0.25) is 5.02 Å². The second-order valence-corrected chi connectivity index (χ2v) is 9.63. The number of hydrogen-bond donors (Lipinski definition) is 0. The van der Waals surface area contributed by atoms with Crippen molar-refractivity contribution < 1.29 is 27.4 Å².